The Morgan fingerprint density at radius 3 is 2.92 bits per heavy atom. The Balaban J connectivity index is 1.51. The van der Waals surface area contributed by atoms with E-state index in [4.69, 9.17) is 0 Å². The summed E-state index contributed by atoms with van der Waals surface area (Å²) in [5, 5.41) is 16.5. The van der Waals surface area contributed by atoms with Gasteiger partial charge >= 0.3 is 0 Å². The predicted molar refractivity (Wildman–Crippen MR) is 91.5 cm³/mol. The number of nitrogens with one attached hydrogen (secondary N) is 1. The third kappa shape index (κ3) is 2.95. The number of carbonyl (C=O) groups is 1. The van der Waals surface area contributed by atoms with Crippen LogP contribution in [0.1, 0.15) is 49.1 Å². The van der Waals surface area contributed by atoms with Gasteiger partial charge in [-0.05, 0) is 18.9 Å². The second kappa shape index (κ2) is 6.59. The maximum absolute atomic E-state index is 12.3. The molecule has 1 amide bonds. The van der Waals surface area contributed by atoms with Crippen LogP contribution in [0, 0.1) is 0 Å². The number of likely N-dealkylation sites (tertiary alicyclic amines) is 1. The van der Waals surface area contributed by atoms with Crippen molar-refractivity contribution in [3.8, 4) is 0 Å². The summed E-state index contributed by atoms with van der Waals surface area (Å²) in [6.45, 7) is 1.63. The van der Waals surface area contributed by atoms with Crippen LogP contribution >= 0.6 is 0 Å². The molecule has 1 fully saturated rings. The van der Waals surface area contributed by atoms with Gasteiger partial charge in [0, 0.05) is 45.7 Å². The van der Waals surface area contributed by atoms with Crippen LogP contribution < -0.4 is 5.32 Å². The fourth-order valence-corrected chi connectivity index (χ4v) is 4.03. The van der Waals surface area contributed by atoms with Crippen molar-refractivity contribution in [2.45, 2.75) is 57.3 Å². The molecule has 1 N–H and O–H groups in total. The van der Waals surface area contributed by atoms with E-state index < -0.39 is 0 Å². The molecule has 2 aromatic rings. The van der Waals surface area contributed by atoms with Crippen molar-refractivity contribution in [1.29, 1.82) is 0 Å². The van der Waals surface area contributed by atoms with Gasteiger partial charge in [0.05, 0.1) is 18.3 Å². The van der Waals surface area contributed by atoms with E-state index in [1.165, 1.54) is 19.3 Å². The fourth-order valence-electron chi connectivity index (χ4n) is 4.03. The molecule has 2 aliphatic rings. The minimum Gasteiger partial charge on any atom is -0.336 e. The van der Waals surface area contributed by atoms with Gasteiger partial charge in [0.15, 0.2) is 0 Å². The first-order valence-electron chi connectivity index (χ1n) is 9.03. The van der Waals surface area contributed by atoms with E-state index in [-0.39, 0.29) is 18.0 Å². The molecular weight excluding hydrogens is 318 g/mol. The highest BCUT2D eigenvalue weighted by atomic mass is 16.2. The second-order valence-electron chi connectivity index (χ2n) is 7.02. The fraction of sp³-hybridized carbons (Fsp3) is 0.647. The zero-order valence-electron chi connectivity index (χ0n) is 14.9. The van der Waals surface area contributed by atoms with Crippen molar-refractivity contribution >= 4 is 5.91 Å². The van der Waals surface area contributed by atoms with E-state index in [9.17, 15) is 4.79 Å². The predicted octanol–water partition coefficient (Wildman–Crippen LogP) is 0.800. The zero-order valence-corrected chi connectivity index (χ0v) is 14.9. The molecule has 4 rings (SSSR count). The number of hydrogen-bond acceptors (Lipinski definition) is 5. The molecule has 0 aromatic carbocycles. The lowest BCUT2D eigenvalue weighted by atomic mass is 10.1. The summed E-state index contributed by atoms with van der Waals surface area (Å²) >= 11 is 0. The first-order chi connectivity index (χ1) is 12.1. The summed E-state index contributed by atoms with van der Waals surface area (Å²) in [5.41, 5.74) is 1.05. The second-order valence-corrected chi connectivity index (χ2v) is 7.02. The van der Waals surface area contributed by atoms with Gasteiger partial charge in [0.2, 0.25) is 5.91 Å². The normalized spacial score (nSPS) is 23.8. The SMILES string of the molecule is CN1C(=O)C[C@@H](NCc2nnc3n2CCCCC3)[C@@H]1c1ccnn1C. The summed E-state index contributed by atoms with van der Waals surface area (Å²) in [6.07, 6.45) is 6.90. The molecule has 8 heteroatoms. The van der Waals surface area contributed by atoms with Crippen LogP contribution in [0.2, 0.25) is 0 Å². The van der Waals surface area contributed by atoms with E-state index in [1.807, 2.05) is 29.7 Å². The van der Waals surface area contributed by atoms with Gasteiger partial charge in [0.1, 0.15) is 11.6 Å². The summed E-state index contributed by atoms with van der Waals surface area (Å²) in [4.78, 5) is 14.1. The Hall–Kier alpha value is -2.22. The molecule has 2 aromatic heterocycles. The van der Waals surface area contributed by atoms with Gasteiger partial charge in [-0.3, -0.25) is 9.48 Å². The average molecular weight is 343 g/mol. The van der Waals surface area contributed by atoms with Gasteiger partial charge in [-0.15, -0.1) is 10.2 Å². The van der Waals surface area contributed by atoms with Crippen LogP contribution in [-0.2, 0) is 31.4 Å². The number of aryl methyl sites for hydroxylation is 2. The van der Waals surface area contributed by atoms with Crippen LogP contribution in [-0.4, -0.2) is 48.4 Å². The number of rotatable bonds is 4. The Morgan fingerprint density at radius 2 is 2.12 bits per heavy atom. The van der Waals surface area contributed by atoms with Gasteiger partial charge < -0.3 is 14.8 Å². The third-order valence-electron chi connectivity index (χ3n) is 5.46. The minimum absolute atomic E-state index is 0.00785. The lowest BCUT2D eigenvalue weighted by molar-refractivity contribution is -0.127. The third-order valence-corrected chi connectivity index (χ3v) is 5.46. The Kier molecular flexibility index (Phi) is 4.29. The first-order valence-corrected chi connectivity index (χ1v) is 9.03. The van der Waals surface area contributed by atoms with Gasteiger partial charge in [0.25, 0.3) is 0 Å². The molecule has 2 atom stereocenters. The largest absolute Gasteiger partial charge is 0.336 e. The molecule has 134 valence electrons. The molecule has 0 saturated carbocycles. The molecule has 0 aliphatic carbocycles. The van der Waals surface area contributed by atoms with Gasteiger partial charge in [-0.25, -0.2) is 0 Å². The maximum atomic E-state index is 12.3. The zero-order chi connectivity index (χ0) is 17.4. The van der Waals surface area contributed by atoms with Gasteiger partial charge in [-0.1, -0.05) is 6.42 Å². The topological polar surface area (TPSA) is 80.9 Å². The van der Waals surface area contributed by atoms with E-state index in [1.54, 1.807) is 6.20 Å². The smallest absolute Gasteiger partial charge is 0.224 e. The van der Waals surface area contributed by atoms with Gasteiger partial charge in [-0.2, -0.15) is 5.10 Å². The van der Waals surface area contributed by atoms with E-state index in [0.29, 0.717) is 13.0 Å². The quantitative estimate of drug-likeness (QED) is 0.888. The monoisotopic (exact) mass is 343 g/mol. The number of aromatic nitrogens is 5. The van der Waals surface area contributed by atoms with E-state index in [2.05, 4.69) is 25.2 Å². The van der Waals surface area contributed by atoms with Crippen LogP contribution in [0.25, 0.3) is 0 Å². The molecule has 0 unspecified atom stereocenters. The van der Waals surface area contributed by atoms with Crippen molar-refractivity contribution in [3.63, 3.8) is 0 Å². The summed E-state index contributed by atoms with van der Waals surface area (Å²) in [7, 11) is 3.78. The number of amides is 1. The molecule has 2 aliphatic heterocycles. The van der Waals surface area contributed by atoms with Crippen molar-refractivity contribution in [2.75, 3.05) is 7.05 Å². The van der Waals surface area contributed by atoms with E-state index in [0.717, 1.165) is 30.3 Å². The molecule has 25 heavy (non-hydrogen) atoms. The van der Waals surface area contributed by atoms with Crippen LogP contribution in [0.3, 0.4) is 0 Å². The standard InChI is InChI=1S/C17H25N7O/c1-22-16(25)10-12(17(22)13-7-8-19-23(13)2)18-11-15-21-20-14-6-4-3-5-9-24(14)15/h7-8,12,17-18H,3-6,9-11H2,1-2H3/t12-,17-/m1/s1. The lowest BCUT2D eigenvalue weighted by Gasteiger charge is -2.25. The Bertz CT molecular complexity index is 765. The van der Waals surface area contributed by atoms with Crippen LogP contribution in [0.4, 0.5) is 0 Å². The van der Waals surface area contributed by atoms with Crippen molar-refractivity contribution in [2.24, 2.45) is 7.05 Å². The molecule has 0 bridgehead atoms. The highest BCUT2D eigenvalue weighted by Crippen LogP contribution is 2.31. The number of hydrogen-bond donors (Lipinski definition) is 1. The number of likely N-dealkylation sites (N-methyl/N-ethyl adjacent to an activating group) is 1. The van der Waals surface area contributed by atoms with Crippen molar-refractivity contribution < 1.29 is 4.79 Å². The van der Waals surface area contributed by atoms with Crippen LogP contribution in [0.5, 0.6) is 0 Å². The van der Waals surface area contributed by atoms with Crippen molar-refractivity contribution in [1.82, 2.24) is 34.8 Å². The summed E-state index contributed by atoms with van der Waals surface area (Å²) in [6, 6.07) is 2.02. The first kappa shape index (κ1) is 16.3. The van der Waals surface area contributed by atoms with Crippen molar-refractivity contribution in [3.05, 3.63) is 29.6 Å². The lowest BCUT2D eigenvalue weighted by Crippen LogP contribution is -2.36. The number of fused-ring (bicyclic) bond motifs is 1. The number of nitrogens with zero attached hydrogens (tertiary/aromatic N) is 6. The number of carbonyl (C=O) groups excluding carboxylic acids is 1. The molecule has 0 radical (unpaired) electrons. The maximum Gasteiger partial charge on any atom is 0.224 e. The molecule has 0 spiro atoms. The Morgan fingerprint density at radius 1 is 1.24 bits per heavy atom. The molecule has 4 heterocycles. The Labute approximate surface area is 147 Å². The minimum atomic E-state index is -0.00785. The molecule has 1 saturated heterocycles. The van der Waals surface area contributed by atoms with E-state index >= 15 is 0 Å². The molecule has 8 nitrogen and oxygen atoms in total. The highest BCUT2D eigenvalue weighted by molar-refractivity contribution is 5.80. The average Bonchev–Trinajstić information content (AvgIpc) is 3.20. The summed E-state index contributed by atoms with van der Waals surface area (Å²) in [5.74, 6) is 2.23. The summed E-state index contributed by atoms with van der Waals surface area (Å²) < 4.78 is 4.09. The molecular formula is C17H25N7O. The van der Waals surface area contributed by atoms with Crippen LogP contribution in [0.15, 0.2) is 12.3 Å². The highest BCUT2D eigenvalue weighted by Gasteiger charge is 2.39.